The summed E-state index contributed by atoms with van der Waals surface area (Å²) in [7, 11) is 0. The van der Waals surface area contributed by atoms with E-state index in [0.717, 1.165) is 24.8 Å². The fourth-order valence-corrected chi connectivity index (χ4v) is 2.75. The molecule has 1 fully saturated rings. The average molecular weight is 359 g/mol. The summed E-state index contributed by atoms with van der Waals surface area (Å²) in [6.07, 6.45) is 3.27. The number of hydrogen-bond acceptors (Lipinski definition) is 4. The van der Waals surface area contributed by atoms with Gasteiger partial charge in [-0.3, -0.25) is 9.59 Å². The van der Waals surface area contributed by atoms with Crippen LogP contribution in [0, 0.1) is 0 Å². The summed E-state index contributed by atoms with van der Waals surface area (Å²) in [4.78, 5) is 29.5. The van der Waals surface area contributed by atoms with Crippen molar-refractivity contribution in [2.75, 3.05) is 19.6 Å². The maximum absolute atomic E-state index is 12.7. The van der Waals surface area contributed by atoms with Crippen LogP contribution in [-0.4, -0.2) is 47.5 Å². The van der Waals surface area contributed by atoms with Gasteiger partial charge in [-0.05, 0) is 25.0 Å². The van der Waals surface area contributed by atoms with Crippen molar-refractivity contribution in [1.82, 2.24) is 15.2 Å². The number of nitrogens with one attached hydrogen (secondary N) is 1. The van der Waals surface area contributed by atoms with Gasteiger partial charge in [0.15, 0.2) is 5.69 Å². The number of carbonyl (C=O) groups excluding carboxylic acids is 2. The molecule has 1 aliphatic heterocycles. The van der Waals surface area contributed by atoms with Crippen LogP contribution in [0.4, 0.5) is 4.39 Å². The van der Waals surface area contributed by atoms with Crippen LogP contribution in [-0.2, 0) is 4.79 Å². The SMILES string of the molecule is O=C(NCCCCCC(=O)N1CC(F)C1)c1coc(-c2ccccc2)n1. The first-order chi connectivity index (χ1) is 12.6. The van der Waals surface area contributed by atoms with Crippen molar-refractivity contribution in [3.63, 3.8) is 0 Å². The molecule has 26 heavy (non-hydrogen) atoms. The van der Waals surface area contributed by atoms with Crippen LogP contribution in [0.15, 0.2) is 41.0 Å². The number of likely N-dealkylation sites (tertiary alicyclic amines) is 1. The molecule has 0 saturated carbocycles. The topological polar surface area (TPSA) is 75.4 Å². The first kappa shape index (κ1) is 18.1. The monoisotopic (exact) mass is 359 g/mol. The molecule has 1 N–H and O–H groups in total. The van der Waals surface area contributed by atoms with Crippen LogP contribution in [0.1, 0.15) is 36.2 Å². The molecule has 0 spiro atoms. The quantitative estimate of drug-likeness (QED) is 0.736. The Kier molecular flexibility index (Phi) is 5.99. The number of benzene rings is 1. The third kappa shape index (κ3) is 4.68. The standard InChI is InChI=1S/C19H22FN3O3/c20-15-11-23(12-15)17(24)9-5-2-6-10-21-18(25)16-13-26-19(22-16)14-7-3-1-4-8-14/h1,3-4,7-8,13,15H,2,5-6,9-12H2,(H,21,25). The minimum Gasteiger partial charge on any atom is -0.444 e. The molecule has 2 heterocycles. The van der Waals surface area contributed by atoms with E-state index in [0.29, 0.717) is 18.9 Å². The van der Waals surface area contributed by atoms with E-state index >= 15 is 0 Å². The molecule has 1 aromatic carbocycles. The minimum absolute atomic E-state index is 0.0129. The molecule has 1 saturated heterocycles. The van der Waals surface area contributed by atoms with Gasteiger partial charge >= 0.3 is 0 Å². The van der Waals surface area contributed by atoms with Gasteiger partial charge in [-0.1, -0.05) is 24.6 Å². The van der Waals surface area contributed by atoms with Crippen LogP contribution in [0.2, 0.25) is 0 Å². The number of oxazole rings is 1. The number of unbranched alkanes of at least 4 members (excludes halogenated alkanes) is 2. The number of carbonyl (C=O) groups is 2. The van der Waals surface area contributed by atoms with E-state index in [1.807, 2.05) is 30.3 Å². The molecule has 0 radical (unpaired) electrons. The molecule has 3 rings (SSSR count). The van der Waals surface area contributed by atoms with Gasteiger partial charge in [-0.2, -0.15) is 0 Å². The van der Waals surface area contributed by atoms with Crippen LogP contribution in [0.3, 0.4) is 0 Å². The number of hydrogen-bond donors (Lipinski definition) is 1. The molecule has 2 amide bonds. The molecule has 0 aliphatic carbocycles. The molecule has 138 valence electrons. The van der Waals surface area contributed by atoms with Gasteiger partial charge in [-0.25, -0.2) is 9.37 Å². The lowest BCUT2D eigenvalue weighted by atomic mass is 10.1. The Morgan fingerprint density at radius 2 is 1.96 bits per heavy atom. The second-order valence-electron chi connectivity index (χ2n) is 6.37. The number of amides is 2. The van der Waals surface area contributed by atoms with Crippen molar-refractivity contribution in [2.24, 2.45) is 0 Å². The van der Waals surface area contributed by atoms with E-state index in [2.05, 4.69) is 10.3 Å². The van der Waals surface area contributed by atoms with E-state index in [9.17, 15) is 14.0 Å². The summed E-state index contributed by atoms with van der Waals surface area (Å²) >= 11 is 0. The van der Waals surface area contributed by atoms with Gasteiger partial charge in [0, 0.05) is 18.5 Å². The van der Waals surface area contributed by atoms with Crippen LogP contribution >= 0.6 is 0 Å². The Hall–Kier alpha value is -2.70. The van der Waals surface area contributed by atoms with Crippen molar-refractivity contribution in [1.29, 1.82) is 0 Å². The van der Waals surface area contributed by atoms with Gasteiger partial charge in [0.1, 0.15) is 12.4 Å². The van der Waals surface area contributed by atoms with E-state index in [1.54, 1.807) is 4.90 Å². The molecule has 2 aromatic rings. The highest BCUT2D eigenvalue weighted by Crippen LogP contribution is 2.18. The summed E-state index contributed by atoms with van der Waals surface area (Å²) in [6, 6.07) is 9.38. The molecule has 7 heteroatoms. The first-order valence-electron chi connectivity index (χ1n) is 8.84. The first-order valence-corrected chi connectivity index (χ1v) is 8.84. The summed E-state index contributed by atoms with van der Waals surface area (Å²) in [6.45, 7) is 0.978. The molecule has 0 atom stereocenters. The van der Waals surface area contributed by atoms with Gasteiger partial charge in [0.25, 0.3) is 5.91 Å². The Balaban J connectivity index is 1.32. The van der Waals surface area contributed by atoms with Crippen molar-refractivity contribution in [2.45, 2.75) is 31.9 Å². The third-order valence-corrected chi connectivity index (χ3v) is 4.30. The highest BCUT2D eigenvalue weighted by atomic mass is 19.1. The van der Waals surface area contributed by atoms with Crippen molar-refractivity contribution >= 4 is 11.8 Å². The summed E-state index contributed by atoms with van der Waals surface area (Å²) in [5.74, 6) is 0.149. The molecular formula is C19H22FN3O3. The largest absolute Gasteiger partial charge is 0.444 e. The van der Waals surface area contributed by atoms with Crippen molar-refractivity contribution in [3.05, 3.63) is 42.3 Å². The molecule has 1 aromatic heterocycles. The Labute approximate surface area is 151 Å². The number of alkyl halides is 1. The highest BCUT2D eigenvalue weighted by Gasteiger charge is 2.29. The Morgan fingerprint density at radius 1 is 1.19 bits per heavy atom. The van der Waals surface area contributed by atoms with Crippen LogP contribution in [0.5, 0.6) is 0 Å². The normalized spacial score (nSPS) is 14.1. The van der Waals surface area contributed by atoms with E-state index < -0.39 is 6.17 Å². The summed E-state index contributed by atoms with van der Waals surface area (Å²) < 4.78 is 18.0. The number of nitrogens with zero attached hydrogens (tertiary/aromatic N) is 2. The second kappa shape index (κ2) is 8.60. The fourth-order valence-electron chi connectivity index (χ4n) is 2.75. The Bertz CT molecular complexity index is 741. The predicted molar refractivity (Wildman–Crippen MR) is 94.2 cm³/mol. The van der Waals surface area contributed by atoms with Crippen molar-refractivity contribution < 1.29 is 18.4 Å². The van der Waals surface area contributed by atoms with E-state index in [-0.39, 0.29) is 30.6 Å². The second-order valence-corrected chi connectivity index (χ2v) is 6.37. The number of halogens is 1. The predicted octanol–water partition coefficient (Wildman–Crippen LogP) is 2.81. The molecule has 6 nitrogen and oxygen atoms in total. The zero-order chi connectivity index (χ0) is 18.4. The molecule has 1 aliphatic rings. The maximum Gasteiger partial charge on any atom is 0.273 e. The van der Waals surface area contributed by atoms with Gasteiger partial charge in [0.2, 0.25) is 11.8 Å². The van der Waals surface area contributed by atoms with E-state index in [4.69, 9.17) is 4.42 Å². The van der Waals surface area contributed by atoms with Gasteiger partial charge in [0.05, 0.1) is 13.1 Å². The smallest absolute Gasteiger partial charge is 0.273 e. The molecule has 0 unspecified atom stereocenters. The van der Waals surface area contributed by atoms with Crippen LogP contribution in [0.25, 0.3) is 11.5 Å². The average Bonchev–Trinajstić information content (AvgIpc) is 3.12. The highest BCUT2D eigenvalue weighted by molar-refractivity contribution is 5.92. The summed E-state index contributed by atoms with van der Waals surface area (Å²) in [5, 5.41) is 2.80. The van der Waals surface area contributed by atoms with Gasteiger partial charge in [-0.15, -0.1) is 0 Å². The minimum atomic E-state index is -0.854. The lowest BCUT2D eigenvalue weighted by Gasteiger charge is -2.34. The van der Waals surface area contributed by atoms with E-state index in [1.165, 1.54) is 6.26 Å². The lowest BCUT2D eigenvalue weighted by Crippen LogP contribution is -2.51. The fraction of sp³-hybridized carbons (Fsp3) is 0.421. The van der Waals surface area contributed by atoms with Gasteiger partial charge < -0.3 is 14.6 Å². The summed E-state index contributed by atoms with van der Waals surface area (Å²) in [5.41, 5.74) is 1.06. The zero-order valence-corrected chi connectivity index (χ0v) is 14.5. The lowest BCUT2D eigenvalue weighted by molar-refractivity contribution is -0.138. The van der Waals surface area contributed by atoms with Crippen LogP contribution < -0.4 is 5.32 Å². The Morgan fingerprint density at radius 3 is 2.69 bits per heavy atom. The number of rotatable bonds is 8. The zero-order valence-electron chi connectivity index (χ0n) is 14.5. The maximum atomic E-state index is 12.7. The molecular weight excluding hydrogens is 337 g/mol. The molecule has 0 bridgehead atoms. The number of aromatic nitrogens is 1. The van der Waals surface area contributed by atoms with Crippen molar-refractivity contribution in [3.8, 4) is 11.5 Å². The third-order valence-electron chi connectivity index (χ3n) is 4.30.